The molecule has 1 aromatic heterocycles. The molecule has 1 heterocycles. The molecule has 0 spiro atoms. The van der Waals surface area contributed by atoms with Gasteiger partial charge in [-0.15, -0.1) is 0 Å². The number of hydrogen-bond acceptors (Lipinski definition) is 6. The molecule has 0 radical (unpaired) electrons. The summed E-state index contributed by atoms with van der Waals surface area (Å²) in [6.45, 7) is 6.40. The Bertz CT molecular complexity index is 1450. The quantitative estimate of drug-likeness (QED) is 0.151. The number of aryl methyl sites for hydroxylation is 4. The van der Waals surface area contributed by atoms with Crippen molar-refractivity contribution in [2.45, 2.75) is 58.9 Å². The third-order valence-corrected chi connectivity index (χ3v) is 7.39. The van der Waals surface area contributed by atoms with Crippen molar-refractivity contribution in [2.24, 2.45) is 0 Å². The second-order valence-corrected chi connectivity index (χ2v) is 10.5. The van der Waals surface area contributed by atoms with Gasteiger partial charge in [0.15, 0.2) is 11.5 Å². The van der Waals surface area contributed by atoms with Crippen LogP contribution in [0.2, 0.25) is 0 Å². The van der Waals surface area contributed by atoms with Crippen molar-refractivity contribution in [2.75, 3.05) is 34.5 Å². The van der Waals surface area contributed by atoms with Crippen molar-refractivity contribution >= 4 is 16.9 Å². The number of nitrogens with zero attached hydrogens (tertiary/aromatic N) is 2. The fourth-order valence-electron chi connectivity index (χ4n) is 5.18. The number of aromatic nitrogens is 2. The number of benzene rings is 3. The summed E-state index contributed by atoms with van der Waals surface area (Å²) in [5.41, 5.74) is 5.12. The number of carbonyl (C=O) groups excluding carboxylic acids is 1. The van der Waals surface area contributed by atoms with Gasteiger partial charge in [-0.05, 0) is 75.4 Å². The van der Waals surface area contributed by atoms with Crippen LogP contribution in [0.3, 0.4) is 0 Å². The van der Waals surface area contributed by atoms with Gasteiger partial charge in [-0.25, -0.2) is 4.98 Å². The van der Waals surface area contributed by atoms with Crippen LogP contribution in [0.15, 0.2) is 54.6 Å². The maximum Gasteiger partial charge on any atom is 0.251 e. The first-order valence-corrected chi connectivity index (χ1v) is 14.7. The Balaban J connectivity index is 1.24. The van der Waals surface area contributed by atoms with Crippen molar-refractivity contribution < 1.29 is 23.7 Å². The number of ether oxygens (including phenoxy) is 4. The summed E-state index contributed by atoms with van der Waals surface area (Å²) < 4.78 is 24.5. The highest BCUT2D eigenvalue weighted by molar-refractivity contribution is 5.95. The molecule has 1 amide bonds. The van der Waals surface area contributed by atoms with E-state index >= 15 is 0 Å². The molecule has 4 rings (SSSR count). The zero-order valence-electron chi connectivity index (χ0n) is 25.5. The van der Waals surface area contributed by atoms with Crippen LogP contribution >= 0.6 is 0 Å². The predicted octanol–water partition coefficient (Wildman–Crippen LogP) is 6.68. The molecule has 224 valence electrons. The first-order valence-electron chi connectivity index (χ1n) is 14.7. The zero-order valence-corrected chi connectivity index (χ0v) is 25.5. The SMILES string of the molecule is COc1cc(C(=O)NCCCCCc2nc3ccccc3n2CCCCOc2ccc(C)cc2C)cc(OC)c1OC. The van der Waals surface area contributed by atoms with Gasteiger partial charge >= 0.3 is 0 Å². The van der Waals surface area contributed by atoms with E-state index in [1.165, 1.54) is 30.9 Å². The van der Waals surface area contributed by atoms with Crippen LogP contribution in [-0.2, 0) is 13.0 Å². The molecule has 0 aliphatic rings. The number of rotatable bonds is 16. The number of fused-ring (bicyclic) bond motifs is 1. The summed E-state index contributed by atoms with van der Waals surface area (Å²) in [4.78, 5) is 17.7. The van der Waals surface area contributed by atoms with Gasteiger partial charge in [0.05, 0.1) is 39.0 Å². The summed E-state index contributed by atoms with van der Waals surface area (Å²) in [6.07, 6.45) is 5.76. The molecular formula is C34H43N3O5. The van der Waals surface area contributed by atoms with Crippen LogP contribution in [0.25, 0.3) is 11.0 Å². The minimum Gasteiger partial charge on any atom is -0.493 e. The monoisotopic (exact) mass is 573 g/mol. The summed E-state index contributed by atoms with van der Waals surface area (Å²) in [7, 11) is 4.61. The molecule has 1 N–H and O–H groups in total. The lowest BCUT2D eigenvalue weighted by atomic mass is 10.1. The maximum absolute atomic E-state index is 12.8. The highest BCUT2D eigenvalue weighted by Crippen LogP contribution is 2.38. The van der Waals surface area contributed by atoms with Crippen LogP contribution in [-0.4, -0.2) is 49.9 Å². The topological polar surface area (TPSA) is 83.8 Å². The molecule has 0 fully saturated rings. The van der Waals surface area contributed by atoms with Crippen LogP contribution in [0.1, 0.15) is 59.4 Å². The Morgan fingerprint density at radius 2 is 1.60 bits per heavy atom. The highest BCUT2D eigenvalue weighted by Gasteiger charge is 2.17. The molecule has 0 atom stereocenters. The third-order valence-electron chi connectivity index (χ3n) is 7.39. The number of para-hydroxylation sites is 2. The first-order chi connectivity index (χ1) is 20.4. The largest absolute Gasteiger partial charge is 0.493 e. The number of methoxy groups -OCH3 is 3. The fourth-order valence-corrected chi connectivity index (χ4v) is 5.18. The van der Waals surface area contributed by atoms with Gasteiger partial charge in [-0.1, -0.05) is 36.2 Å². The number of unbranched alkanes of at least 4 members (excludes halogenated alkanes) is 3. The molecule has 0 saturated carbocycles. The summed E-state index contributed by atoms with van der Waals surface area (Å²) in [6, 6.07) is 18.0. The fraction of sp³-hybridized carbons (Fsp3) is 0.412. The van der Waals surface area contributed by atoms with E-state index in [4.69, 9.17) is 23.9 Å². The Morgan fingerprint density at radius 3 is 2.31 bits per heavy atom. The van der Waals surface area contributed by atoms with Gasteiger partial charge in [0.25, 0.3) is 5.91 Å². The van der Waals surface area contributed by atoms with Gasteiger partial charge < -0.3 is 28.8 Å². The number of imidazole rings is 1. The van der Waals surface area contributed by atoms with Crippen LogP contribution in [0.4, 0.5) is 0 Å². The van der Waals surface area contributed by atoms with E-state index in [2.05, 4.69) is 60.1 Å². The lowest BCUT2D eigenvalue weighted by molar-refractivity contribution is 0.0952. The third kappa shape index (κ3) is 7.75. The molecule has 4 aromatic rings. The number of amides is 1. The lowest BCUT2D eigenvalue weighted by Crippen LogP contribution is -2.24. The first kappa shape index (κ1) is 30.8. The number of carbonyl (C=O) groups is 1. The van der Waals surface area contributed by atoms with Gasteiger partial charge in [0, 0.05) is 25.1 Å². The molecule has 0 bridgehead atoms. The van der Waals surface area contributed by atoms with E-state index < -0.39 is 0 Å². The van der Waals surface area contributed by atoms with Gasteiger partial charge in [-0.2, -0.15) is 0 Å². The summed E-state index contributed by atoms with van der Waals surface area (Å²) in [5.74, 6) is 3.30. The Kier molecular flexibility index (Phi) is 11.1. The van der Waals surface area contributed by atoms with E-state index in [1.807, 2.05) is 6.07 Å². The standard InChI is InChI=1S/C34H43N3O5/c1-24-16-17-29(25(2)21-24)42-20-12-11-19-37-28-14-9-8-13-27(28)36-32(37)15-7-6-10-18-35-34(38)26-22-30(39-3)33(41-5)31(23-26)40-4/h8-9,13-14,16-17,21-23H,6-7,10-12,15,18-20H2,1-5H3,(H,35,38). The predicted molar refractivity (Wildman–Crippen MR) is 166 cm³/mol. The Morgan fingerprint density at radius 1 is 0.833 bits per heavy atom. The van der Waals surface area contributed by atoms with E-state index in [0.29, 0.717) is 36.0 Å². The number of hydrogen-bond donors (Lipinski definition) is 1. The van der Waals surface area contributed by atoms with Crippen LogP contribution in [0.5, 0.6) is 23.0 Å². The van der Waals surface area contributed by atoms with Gasteiger partial charge in [0.1, 0.15) is 11.6 Å². The van der Waals surface area contributed by atoms with Crippen LogP contribution < -0.4 is 24.3 Å². The van der Waals surface area contributed by atoms with Gasteiger partial charge in [-0.3, -0.25) is 4.79 Å². The van der Waals surface area contributed by atoms with E-state index in [9.17, 15) is 4.79 Å². The Hall–Kier alpha value is -4.20. The minimum atomic E-state index is -0.169. The van der Waals surface area contributed by atoms with Crippen molar-refractivity contribution in [3.8, 4) is 23.0 Å². The van der Waals surface area contributed by atoms with Crippen LogP contribution in [0, 0.1) is 13.8 Å². The second-order valence-electron chi connectivity index (χ2n) is 10.5. The Labute approximate surface area is 249 Å². The molecule has 0 aliphatic carbocycles. The van der Waals surface area contributed by atoms with Crippen molar-refractivity contribution in [1.29, 1.82) is 0 Å². The second kappa shape index (κ2) is 15.1. The van der Waals surface area contributed by atoms with Crippen molar-refractivity contribution in [1.82, 2.24) is 14.9 Å². The molecule has 0 saturated heterocycles. The lowest BCUT2D eigenvalue weighted by Gasteiger charge is -2.14. The molecule has 0 aliphatic heterocycles. The average Bonchev–Trinajstić information content (AvgIpc) is 3.35. The molecule has 0 unspecified atom stereocenters. The van der Waals surface area contributed by atoms with Crippen molar-refractivity contribution in [3.63, 3.8) is 0 Å². The molecule has 3 aromatic carbocycles. The molecular weight excluding hydrogens is 530 g/mol. The normalized spacial score (nSPS) is 11.0. The smallest absolute Gasteiger partial charge is 0.251 e. The maximum atomic E-state index is 12.8. The summed E-state index contributed by atoms with van der Waals surface area (Å²) >= 11 is 0. The number of nitrogens with one attached hydrogen (secondary N) is 1. The molecule has 8 heteroatoms. The molecule has 42 heavy (non-hydrogen) atoms. The zero-order chi connectivity index (χ0) is 29.9. The average molecular weight is 574 g/mol. The minimum absolute atomic E-state index is 0.169. The van der Waals surface area contributed by atoms with Gasteiger partial charge in [0.2, 0.25) is 5.75 Å². The van der Waals surface area contributed by atoms with Crippen molar-refractivity contribution in [3.05, 3.63) is 77.1 Å². The highest BCUT2D eigenvalue weighted by atomic mass is 16.5. The summed E-state index contributed by atoms with van der Waals surface area (Å²) in [5, 5.41) is 3.00. The van der Waals surface area contributed by atoms with E-state index in [-0.39, 0.29) is 5.91 Å². The molecule has 8 nitrogen and oxygen atoms in total. The van der Waals surface area contributed by atoms with E-state index in [0.717, 1.165) is 62.2 Å². The van der Waals surface area contributed by atoms with E-state index in [1.54, 1.807) is 19.2 Å².